The zero-order valence-electron chi connectivity index (χ0n) is 12.1. The van der Waals surface area contributed by atoms with Crippen LogP contribution in [0, 0.1) is 5.92 Å². The first-order chi connectivity index (χ1) is 8.63. The number of hydrogen-bond donors (Lipinski definition) is 1. The van der Waals surface area contributed by atoms with E-state index in [2.05, 4.69) is 13.8 Å². The maximum atomic E-state index is 12.4. The first-order valence-corrected chi connectivity index (χ1v) is 6.77. The number of nitrogens with two attached hydrogens (primary N) is 1. The third-order valence-corrected chi connectivity index (χ3v) is 3.49. The van der Waals surface area contributed by atoms with Gasteiger partial charge in [0.05, 0.1) is 5.56 Å². The number of rotatable bonds is 6. The van der Waals surface area contributed by atoms with Crippen molar-refractivity contribution in [3.05, 3.63) is 29.8 Å². The highest BCUT2D eigenvalue weighted by atomic mass is 35.5. The minimum atomic E-state index is 0. The molecule has 4 heteroatoms. The molecule has 3 nitrogen and oxygen atoms in total. The summed E-state index contributed by atoms with van der Waals surface area (Å²) in [4.78, 5) is 14.3. The average Bonchev–Trinajstić information content (AvgIpc) is 2.40. The van der Waals surface area contributed by atoms with E-state index in [1.54, 1.807) is 12.1 Å². The number of benzene rings is 1. The van der Waals surface area contributed by atoms with Gasteiger partial charge in [0.1, 0.15) is 0 Å². The molecule has 2 N–H and O–H groups in total. The van der Waals surface area contributed by atoms with Gasteiger partial charge in [0.25, 0.3) is 5.91 Å². The predicted octanol–water partition coefficient (Wildman–Crippen LogP) is 3.59. The molecule has 0 aromatic heterocycles. The Bertz CT molecular complexity index is 391. The molecule has 0 fully saturated rings. The van der Waals surface area contributed by atoms with Crippen LogP contribution >= 0.6 is 12.4 Å². The summed E-state index contributed by atoms with van der Waals surface area (Å²) >= 11 is 0. The van der Waals surface area contributed by atoms with Crippen LogP contribution in [0.15, 0.2) is 24.3 Å². The normalized spacial score (nSPS) is 10.1. The van der Waals surface area contributed by atoms with Crippen molar-refractivity contribution >= 4 is 24.0 Å². The Morgan fingerprint density at radius 2 is 1.79 bits per heavy atom. The number of carbonyl (C=O) groups excluding carboxylic acids is 1. The van der Waals surface area contributed by atoms with Crippen molar-refractivity contribution in [2.45, 2.75) is 33.6 Å². The Morgan fingerprint density at radius 1 is 1.21 bits per heavy atom. The fourth-order valence-electron chi connectivity index (χ4n) is 2.08. The molecule has 1 aromatic carbocycles. The number of carbonyl (C=O) groups is 1. The van der Waals surface area contributed by atoms with Crippen LogP contribution in [0.4, 0.5) is 5.69 Å². The minimum Gasteiger partial charge on any atom is -0.398 e. The summed E-state index contributed by atoms with van der Waals surface area (Å²) in [5.41, 5.74) is 7.04. The van der Waals surface area contributed by atoms with Crippen LogP contribution < -0.4 is 5.73 Å². The molecule has 108 valence electrons. The monoisotopic (exact) mass is 284 g/mol. The van der Waals surface area contributed by atoms with Crippen molar-refractivity contribution < 1.29 is 4.79 Å². The first-order valence-electron chi connectivity index (χ1n) is 6.77. The van der Waals surface area contributed by atoms with E-state index in [0.29, 0.717) is 17.2 Å². The van der Waals surface area contributed by atoms with Gasteiger partial charge in [-0.1, -0.05) is 38.8 Å². The van der Waals surface area contributed by atoms with Gasteiger partial charge in [0, 0.05) is 18.8 Å². The standard InChI is InChI=1S/C15H24N2O.ClH/c1-4-12(5-2)11-17(6-3)15(18)13-9-7-8-10-14(13)16;/h7-10,12H,4-6,11,16H2,1-3H3;1H. The molecule has 0 aliphatic rings. The fourth-order valence-corrected chi connectivity index (χ4v) is 2.08. The Morgan fingerprint density at radius 3 is 2.26 bits per heavy atom. The van der Waals surface area contributed by atoms with E-state index >= 15 is 0 Å². The van der Waals surface area contributed by atoms with Crippen molar-refractivity contribution in [1.82, 2.24) is 4.90 Å². The molecule has 0 atom stereocenters. The molecule has 0 radical (unpaired) electrons. The molecule has 0 bridgehead atoms. The van der Waals surface area contributed by atoms with Crippen LogP contribution in [0.3, 0.4) is 0 Å². The lowest BCUT2D eigenvalue weighted by Crippen LogP contribution is -2.35. The smallest absolute Gasteiger partial charge is 0.255 e. The molecular weight excluding hydrogens is 260 g/mol. The average molecular weight is 285 g/mol. The van der Waals surface area contributed by atoms with Crippen LogP contribution in [0.25, 0.3) is 0 Å². The first kappa shape index (κ1) is 17.8. The highest BCUT2D eigenvalue weighted by Gasteiger charge is 2.18. The molecule has 0 saturated heterocycles. The molecule has 1 aromatic rings. The second-order valence-corrected chi connectivity index (χ2v) is 4.61. The third-order valence-electron chi connectivity index (χ3n) is 3.49. The maximum absolute atomic E-state index is 12.4. The lowest BCUT2D eigenvalue weighted by molar-refractivity contribution is 0.0736. The lowest BCUT2D eigenvalue weighted by atomic mass is 10.0. The number of amides is 1. The summed E-state index contributed by atoms with van der Waals surface area (Å²) in [6.45, 7) is 7.90. The van der Waals surface area contributed by atoms with Gasteiger partial charge < -0.3 is 10.6 Å². The zero-order chi connectivity index (χ0) is 13.5. The summed E-state index contributed by atoms with van der Waals surface area (Å²) in [6, 6.07) is 7.28. The van der Waals surface area contributed by atoms with Gasteiger partial charge >= 0.3 is 0 Å². The summed E-state index contributed by atoms with van der Waals surface area (Å²) in [5.74, 6) is 0.612. The molecule has 0 unspecified atom stereocenters. The Labute approximate surface area is 122 Å². The van der Waals surface area contributed by atoms with Crippen LogP contribution in [0.1, 0.15) is 44.0 Å². The molecule has 19 heavy (non-hydrogen) atoms. The molecule has 0 saturated carbocycles. The predicted molar refractivity (Wildman–Crippen MR) is 83.8 cm³/mol. The van der Waals surface area contributed by atoms with Gasteiger partial charge in [0.15, 0.2) is 0 Å². The van der Waals surface area contributed by atoms with Gasteiger partial charge in [0.2, 0.25) is 0 Å². The van der Waals surface area contributed by atoms with Gasteiger partial charge in [-0.05, 0) is 25.0 Å². The van der Waals surface area contributed by atoms with Crippen LogP contribution in [-0.4, -0.2) is 23.9 Å². The highest BCUT2D eigenvalue weighted by Crippen LogP contribution is 2.16. The third kappa shape index (κ3) is 4.75. The summed E-state index contributed by atoms with van der Waals surface area (Å²) < 4.78 is 0. The minimum absolute atomic E-state index is 0. The van der Waals surface area contributed by atoms with E-state index in [0.717, 1.165) is 25.9 Å². The molecule has 0 spiro atoms. The molecule has 0 aliphatic heterocycles. The highest BCUT2D eigenvalue weighted by molar-refractivity contribution is 5.99. The van der Waals surface area contributed by atoms with Gasteiger partial charge in [-0.15, -0.1) is 12.4 Å². The van der Waals surface area contributed by atoms with E-state index in [1.165, 1.54) is 0 Å². The van der Waals surface area contributed by atoms with Crippen molar-refractivity contribution in [3.8, 4) is 0 Å². The van der Waals surface area contributed by atoms with Crippen LogP contribution in [0.2, 0.25) is 0 Å². The second kappa shape index (κ2) is 8.81. The molecule has 0 aliphatic carbocycles. The van der Waals surface area contributed by atoms with Crippen molar-refractivity contribution in [1.29, 1.82) is 0 Å². The Kier molecular flexibility index (Phi) is 8.24. The number of para-hydroxylation sites is 1. The van der Waals surface area contributed by atoms with Crippen LogP contribution in [0.5, 0.6) is 0 Å². The summed E-state index contributed by atoms with van der Waals surface area (Å²) in [7, 11) is 0. The Balaban J connectivity index is 0.00000324. The molecule has 1 amide bonds. The van der Waals surface area contributed by atoms with E-state index in [4.69, 9.17) is 5.73 Å². The SMILES string of the molecule is CCC(CC)CN(CC)C(=O)c1ccccc1N.Cl. The molecule has 1 rings (SSSR count). The van der Waals surface area contributed by atoms with Crippen molar-refractivity contribution in [3.63, 3.8) is 0 Å². The topological polar surface area (TPSA) is 46.3 Å². The largest absolute Gasteiger partial charge is 0.398 e. The molecule has 0 heterocycles. The maximum Gasteiger partial charge on any atom is 0.255 e. The summed E-state index contributed by atoms with van der Waals surface area (Å²) in [6.07, 6.45) is 2.20. The molecular formula is C15H25ClN2O. The van der Waals surface area contributed by atoms with Gasteiger partial charge in [-0.2, -0.15) is 0 Å². The van der Waals surface area contributed by atoms with Crippen LogP contribution in [-0.2, 0) is 0 Å². The summed E-state index contributed by atoms with van der Waals surface area (Å²) in [5, 5.41) is 0. The van der Waals surface area contributed by atoms with Gasteiger partial charge in [-0.3, -0.25) is 4.79 Å². The van der Waals surface area contributed by atoms with Crippen molar-refractivity contribution in [2.24, 2.45) is 5.92 Å². The number of nitrogens with zero attached hydrogens (tertiary/aromatic N) is 1. The van der Waals surface area contributed by atoms with E-state index in [9.17, 15) is 4.79 Å². The lowest BCUT2D eigenvalue weighted by Gasteiger charge is -2.26. The number of hydrogen-bond acceptors (Lipinski definition) is 2. The fraction of sp³-hybridized carbons (Fsp3) is 0.533. The Hall–Kier alpha value is -1.22. The number of anilines is 1. The number of nitrogen functional groups attached to an aromatic ring is 1. The zero-order valence-corrected chi connectivity index (χ0v) is 12.9. The van der Waals surface area contributed by atoms with E-state index in [-0.39, 0.29) is 18.3 Å². The van der Waals surface area contributed by atoms with Crippen molar-refractivity contribution in [2.75, 3.05) is 18.8 Å². The quantitative estimate of drug-likeness (QED) is 0.812. The number of halogens is 1. The van der Waals surface area contributed by atoms with Gasteiger partial charge in [-0.25, -0.2) is 0 Å². The second-order valence-electron chi connectivity index (χ2n) is 4.61. The van der Waals surface area contributed by atoms with E-state index in [1.807, 2.05) is 24.0 Å². The van der Waals surface area contributed by atoms with E-state index < -0.39 is 0 Å².